The molecule has 4 heteroatoms. The van der Waals surface area contributed by atoms with Gasteiger partial charge in [0.1, 0.15) is 12.4 Å². The lowest BCUT2D eigenvalue weighted by atomic mass is 10.1. The first-order valence-corrected chi connectivity index (χ1v) is 6.40. The largest absolute Gasteiger partial charge is 0.355 e. The molecule has 17 heavy (non-hydrogen) atoms. The van der Waals surface area contributed by atoms with Gasteiger partial charge in [-0.2, -0.15) is 0 Å². The highest BCUT2D eigenvalue weighted by atomic mass is 16.1. The molecule has 1 N–H and O–H groups in total. The molecule has 0 saturated heterocycles. The van der Waals surface area contributed by atoms with Crippen LogP contribution in [0.15, 0.2) is 12.4 Å². The van der Waals surface area contributed by atoms with Gasteiger partial charge in [0.2, 0.25) is 5.91 Å². The maximum Gasteiger partial charge on any atom is 0.239 e. The predicted octanol–water partition coefficient (Wildman–Crippen LogP) is 2.00. The third kappa shape index (κ3) is 5.02. The molecule has 0 spiro atoms. The van der Waals surface area contributed by atoms with E-state index >= 15 is 0 Å². The zero-order chi connectivity index (χ0) is 12.7. The summed E-state index contributed by atoms with van der Waals surface area (Å²) in [4.78, 5) is 15.9. The Balaban J connectivity index is 2.37. The van der Waals surface area contributed by atoms with Crippen molar-refractivity contribution in [3.05, 3.63) is 18.2 Å². The highest BCUT2D eigenvalue weighted by molar-refractivity contribution is 5.75. The SMILES string of the molecule is CCCc1nccn1CC(=O)NCCC(C)C. The van der Waals surface area contributed by atoms with Crippen LogP contribution in [-0.4, -0.2) is 22.0 Å². The van der Waals surface area contributed by atoms with Crippen LogP contribution < -0.4 is 5.32 Å². The van der Waals surface area contributed by atoms with Gasteiger partial charge in [0.05, 0.1) is 0 Å². The number of hydrogen-bond donors (Lipinski definition) is 1. The number of carbonyl (C=O) groups is 1. The first kappa shape index (κ1) is 13.7. The molecule has 0 aliphatic carbocycles. The van der Waals surface area contributed by atoms with Crippen LogP contribution in [0.5, 0.6) is 0 Å². The van der Waals surface area contributed by atoms with E-state index in [1.54, 1.807) is 6.20 Å². The van der Waals surface area contributed by atoms with Gasteiger partial charge in [0.25, 0.3) is 0 Å². The fourth-order valence-corrected chi connectivity index (χ4v) is 1.65. The predicted molar refractivity (Wildman–Crippen MR) is 68.7 cm³/mol. The van der Waals surface area contributed by atoms with Gasteiger partial charge in [0, 0.05) is 25.4 Å². The fraction of sp³-hybridized carbons (Fsp3) is 0.692. The molecule has 0 fully saturated rings. The van der Waals surface area contributed by atoms with E-state index in [0.29, 0.717) is 12.5 Å². The van der Waals surface area contributed by atoms with Crippen LogP contribution in [0.3, 0.4) is 0 Å². The second-order valence-electron chi connectivity index (χ2n) is 4.75. The summed E-state index contributed by atoms with van der Waals surface area (Å²) in [5.41, 5.74) is 0. The Morgan fingerprint density at radius 2 is 2.29 bits per heavy atom. The molecular formula is C13H23N3O. The molecule has 0 aromatic carbocycles. The number of hydrogen-bond acceptors (Lipinski definition) is 2. The van der Waals surface area contributed by atoms with Gasteiger partial charge in [-0.1, -0.05) is 20.8 Å². The molecule has 0 atom stereocenters. The first-order chi connectivity index (χ1) is 8.13. The number of nitrogens with zero attached hydrogens (tertiary/aromatic N) is 2. The molecule has 0 bridgehead atoms. The lowest BCUT2D eigenvalue weighted by Crippen LogP contribution is -2.29. The number of aryl methyl sites for hydroxylation is 1. The van der Waals surface area contributed by atoms with Gasteiger partial charge in [-0.15, -0.1) is 0 Å². The van der Waals surface area contributed by atoms with Gasteiger partial charge >= 0.3 is 0 Å². The summed E-state index contributed by atoms with van der Waals surface area (Å²) in [7, 11) is 0. The molecule has 96 valence electrons. The molecule has 1 rings (SSSR count). The van der Waals surface area contributed by atoms with Crippen molar-refractivity contribution in [1.29, 1.82) is 0 Å². The van der Waals surface area contributed by atoms with E-state index in [9.17, 15) is 4.79 Å². The van der Waals surface area contributed by atoms with Crippen molar-refractivity contribution in [2.45, 2.75) is 46.6 Å². The molecule has 0 saturated carbocycles. The van der Waals surface area contributed by atoms with Crippen LogP contribution in [0.2, 0.25) is 0 Å². The van der Waals surface area contributed by atoms with Gasteiger partial charge < -0.3 is 9.88 Å². The quantitative estimate of drug-likeness (QED) is 0.788. The van der Waals surface area contributed by atoms with Crippen LogP contribution in [0.4, 0.5) is 0 Å². The smallest absolute Gasteiger partial charge is 0.239 e. The molecular weight excluding hydrogens is 214 g/mol. The monoisotopic (exact) mass is 237 g/mol. The van der Waals surface area contributed by atoms with Crippen molar-refractivity contribution in [1.82, 2.24) is 14.9 Å². The lowest BCUT2D eigenvalue weighted by molar-refractivity contribution is -0.121. The minimum absolute atomic E-state index is 0.0704. The number of imidazole rings is 1. The van der Waals surface area contributed by atoms with E-state index < -0.39 is 0 Å². The number of carbonyl (C=O) groups excluding carboxylic acids is 1. The summed E-state index contributed by atoms with van der Waals surface area (Å²) in [5, 5.41) is 2.93. The molecule has 0 unspecified atom stereocenters. The number of aromatic nitrogens is 2. The maximum atomic E-state index is 11.7. The Morgan fingerprint density at radius 3 is 2.94 bits per heavy atom. The Labute approximate surface area is 103 Å². The average Bonchev–Trinajstić information content (AvgIpc) is 2.66. The van der Waals surface area contributed by atoms with Crippen molar-refractivity contribution in [2.24, 2.45) is 5.92 Å². The van der Waals surface area contributed by atoms with E-state index in [0.717, 1.165) is 31.6 Å². The van der Waals surface area contributed by atoms with E-state index in [2.05, 4.69) is 31.1 Å². The Kier molecular flexibility index (Phi) is 5.73. The van der Waals surface area contributed by atoms with Gasteiger partial charge in [0.15, 0.2) is 0 Å². The molecule has 0 aliphatic heterocycles. The summed E-state index contributed by atoms with van der Waals surface area (Å²) in [6, 6.07) is 0. The minimum Gasteiger partial charge on any atom is -0.355 e. The first-order valence-electron chi connectivity index (χ1n) is 6.40. The van der Waals surface area contributed by atoms with E-state index in [1.165, 1.54) is 0 Å². The number of rotatable bonds is 7. The van der Waals surface area contributed by atoms with Crippen molar-refractivity contribution in [2.75, 3.05) is 6.54 Å². The molecule has 0 aliphatic rings. The van der Waals surface area contributed by atoms with Crippen molar-refractivity contribution in [3.63, 3.8) is 0 Å². The van der Waals surface area contributed by atoms with Gasteiger partial charge in [-0.3, -0.25) is 4.79 Å². The average molecular weight is 237 g/mol. The molecule has 1 amide bonds. The molecule has 1 heterocycles. The fourth-order valence-electron chi connectivity index (χ4n) is 1.65. The van der Waals surface area contributed by atoms with Crippen LogP contribution in [0.25, 0.3) is 0 Å². The van der Waals surface area contributed by atoms with Crippen LogP contribution in [0, 0.1) is 5.92 Å². The molecule has 1 aromatic heterocycles. The Bertz CT molecular complexity index is 344. The molecule has 0 radical (unpaired) electrons. The summed E-state index contributed by atoms with van der Waals surface area (Å²) >= 11 is 0. The third-order valence-corrected chi connectivity index (χ3v) is 2.63. The second-order valence-corrected chi connectivity index (χ2v) is 4.75. The maximum absolute atomic E-state index is 11.7. The van der Waals surface area contributed by atoms with Crippen LogP contribution in [-0.2, 0) is 17.8 Å². The highest BCUT2D eigenvalue weighted by Gasteiger charge is 2.06. The highest BCUT2D eigenvalue weighted by Crippen LogP contribution is 2.01. The summed E-state index contributed by atoms with van der Waals surface area (Å²) < 4.78 is 1.92. The van der Waals surface area contributed by atoms with E-state index in [-0.39, 0.29) is 5.91 Å². The molecule has 4 nitrogen and oxygen atoms in total. The van der Waals surface area contributed by atoms with Gasteiger partial charge in [-0.05, 0) is 18.8 Å². The number of amides is 1. The van der Waals surface area contributed by atoms with Crippen molar-refractivity contribution >= 4 is 5.91 Å². The minimum atomic E-state index is 0.0704. The second kappa shape index (κ2) is 7.09. The van der Waals surface area contributed by atoms with E-state index in [4.69, 9.17) is 0 Å². The zero-order valence-corrected chi connectivity index (χ0v) is 11.1. The zero-order valence-electron chi connectivity index (χ0n) is 11.1. The summed E-state index contributed by atoms with van der Waals surface area (Å²) in [5.74, 6) is 1.69. The number of nitrogens with one attached hydrogen (secondary N) is 1. The van der Waals surface area contributed by atoms with Crippen molar-refractivity contribution < 1.29 is 4.79 Å². The Hall–Kier alpha value is -1.32. The van der Waals surface area contributed by atoms with E-state index in [1.807, 2.05) is 10.8 Å². The summed E-state index contributed by atoms with van der Waals surface area (Å²) in [6.07, 6.45) is 6.62. The normalized spacial score (nSPS) is 10.8. The van der Waals surface area contributed by atoms with Crippen molar-refractivity contribution in [3.8, 4) is 0 Å². The van der Waals surface area contributed by atoms with Crippen LogP contribution in [0.1, 0.15) is 39.4 Å². The lowest BCUT2D eigenvalue weighted by Gasteiger charge is -2.09. The Morgan fingerprint density at radius 1 is 1.53 bits per heavy atom. The van der Waals surface area contributed by atoms with Crippen LogP contribution >= 0.6 is 0 Å². The topological polar surface area (TPSA) is 46.9 Å². The van der Waals surface area contributed by atoms with Gasteiger partial charge in [-0.25, -0.2) is 4.98 Å². The molecule has 1 aromatic rings. The third-order valence-electron chi connectivity index (χ3n) is 2.63. The standard InChI is InChI=1S/C13H23N3O/c1-4-5-12-14-8-9-16(12)10-13(17)15-7-6-11(2)3/h8-9,11H,4-7,10H2,1-3H3,(H,15,17). The summed E-state index contributed by atoms with van der Waals surface area (Å²) in [6.45, 7) is 7.56.